The van der Waals surface area contributed by atoms with Gasteiger partial charge in [0, 0.05) is 21.7 Å². The van der Waals surface area contributed by atoms with Gasteiger partial charge in [-0.2, -0.15) is 4.98 Å². The number of para-hydroxylation sites is 2. The third-order valence-electron chi connectivity index (χ3n) is 10.4. The summed E-state index contributed by atoms with van der Waals surface area (Å²) in [4.78, 5) is 10.6. The van der Waals surface area contributed by atoms with E-state index in [0.717, 1.165) is 49.6 Å². The fraction of sp³-hybridized carbons (Fsp3) is 0. The lowest BCUT2D eigenvalue weighted by atomic mass is 9.91. The smallest absolute Gasteiger partial charge is 0.238 e. The first-order chi connectivity index (χ1) is 25.8. The molecule has 0 atom stereocenters. The van der Waals surface area contributed by atoms with E-state index in [0.29, 0.717) is 11.7 Å². The van der Waals surface area contributed by atoms with Crippen molar-refractivity contribution in [2.24, 2.45) is 0 Å². The Morgan fingerprint density at radius 2 is 1.02 bits per heavy atom. The Balaban J connectivity index is 1.14. The first kappa shape index (κ1) is 28.8. The topological polar surface area (TPSA) is 43.9 Å². The molecule has 0 saturated heterocycles. The first-order valence-electron chi connectivity index (χ1n) is 17.6. The van der Waals surface area contributed by atoms with Crippen LogP contribution in [0.5, 0.6) is 0 Å². The van der Waals surface area contributed by atoms with Gasteiger partial charge in [0.25, 0.3) is 0 Å². The molecule has 11 aromatic rings. The molecule has 3 aromatic heterocycles. The highest BCUT2D eigenvalue weighted by atomic mass is 16.3. The lowest BCUT2D eigenvalue weighted by Gasteiger charge is -2.13. The summed E-state index contributed by atoms with van der Waals surface area (Å²) in [5.41, 5.74) is 10.1. The van der Waals surface area contributed by atoms with E-state index >= 15 is 0 Å². The van der Waals surface area contributed by atoms with E-state index in [4.69, 9.17) is 14.4 Å². The van der Waals surface area contributed by atoms with E-state index in [-0.39, 0.29) is 0 Å². The molecule has 0 fully saturated rings. The van der Waals surface area contributed by atoms with E-state index < -0.39 is 0 Å². The van der Waals surface area contributed by atoms with Crippen LogP contribution >= 0.6 is 0 Å². The van der Waals surface area contributed by atoms with E-state index in [1.165, 1.54) is 43.6 Å². The van der Waals surface area contributed by atoms with Gasteiger partial charge in [-0.25, -0.2) is 4.98 Å². The molecule has 11 rings (SSSR count). The summed E-state index contributed by atoms with van der Waals surface area (Å²) in [6.45, 7) is 0. The second kappa shape index (κ2) is 11.2. The summed E-state index contributed by atoms with van der Waals surface area (Å²) in [6.07, 6.45) is 0. The van der Waals surface area contributed by atoms with Crippen LogP contribution in [0, 0.1) is 0 Å². The van der Waals surface area contributed by atoms with Gasteiger partial charge < -0.3 is 4.42 Å². The van der Waals surface area contributed by atoms with Crippen molar-refractivity contribution in [1.82, 2.24) is 14.5 Å². The minimum atomic E-state index is 0.568. The van der Waals surface area contributed by atoms with Crippen LogP contribution in [-0.2, 0) is 0 Å². The number of fused-ring (bicyclic) bond motifs is 8. The Kier molecular flexibility index (Phi) is 6.22. The van der Waals surface area contributed by atoms with Crippen molar-refractivity contribution in [3.8, 4) is 39.5 Å². The Bertz CT molecular complexity index is 3170. The summed E-state index contributed by atoms with van der Waals surface area (Å²) in [5, 5.41) is 9.07. The van der Waals surface area contributed by atoms with Crippen LogP contribution in [0.15, 0.2) is 180 Å². The summed E-state index contributed by atoms with van der Waals surface area (Å²) in [6, 6.07) is 62.2. The van der Waals surface area contributed by atoms with E-state index in [1.807, 2.05) is 18.2 Å². The summed E-state index contributed by atoms with van der Waals surface area (Å²) >= 11 is 0. The van der Waals surface area contributed by atoms with Crippen LogP contribution in [0.1, 0.15) is 0 Å². The van der Waals surface area contributed by atoms with E-state index in [9.17, 15) is 0 Å². The number of furan rings is 1. The number of benzene rings is 8. The van der Waals surface area contributed by atoms with Gasteiger partial charge in [0.05, 0.1) is 22.1 Å². The lowest BCUT2D eigenvalue weighted by molar-refractivity contribution is 0.651. The third kappa shape index (κ3) is 4.34. The number of hydrogen-bond donors (Lipinski definition) is 0. The van der Waals surface area contributed by atoms with Crippen LogP contribution < -0.4 is 0 Å². The first-order valence-corrected chi connectivity index (χ1v) is 17.6. The van der Waals surface area contributed by atoms with Gasteiger partial charge in [0.2, 0.25) is 11.7 Å². The Morgan fingerprint density at radius 1 is 0.404 bits per heavy atom. The van der Waals surface area contributed by atoms with Crippen molar-refractivity contribution in [2.75, 3.05) is 0 Å². The highest BCUT2D eigenvalue weighted by Gasteiger charge is 2.21. The zero-order valence-electron chi connectivity index (χ0n) is 28.0. The minimum absolute atomic E-state index is 0.568. The van der Waals surface area contributed by atoms with Gasteiger partial charge in [-0.05, 0) is 68.1 Å². The molecule has 0 bridgehead atoms. The largest absolute Gasteiger partial charge is 0.437 e. The van der Waals surface area contributed by atoms with Crippen molar-refractivity contribution < 1.29 is 4.42 Å². The molecule has 0 spiro atoms. The monoisotopic (exact) mass is 663 g/mol. The second-order valence-electron chi connectivity index (χ2n) is 13.4. The molecule has 0 aliphatic rings. The van der Waals surface area contributed by atoms with Crippen LogP contribution in [0.4, 0.5) is 0 Å². The maximum Gasteiger partial charge on any atom is 0.238 e. The van der Waals surface area contributed by atoms with E-state index in [1.54, 1.807) is 0 Å². The molecule has 8 aromatic carbocycles. The van der Waals surface area contributed by atoms with Gasteiger partial charge in [0.15, 0.2) is 0 Å². The molecular formula is C48H29N3O. The molecule has 0 amide bonds. The quantitative estimate of drug-likeness (QED) is 0.188. The fourth-order valence-corrected chi connectivity index (χ4v) is 8.04. The zero-order valence-corrected chi connectivity index (χ0v) is 28.0. The number of hydrogen-bond acceptors (Lipinski definition) is 3. The predicted molar refractivity (Wildman–Crippen MR) is 215 cm³/mol. The minimum Gasteiger partial charge on any atom is -0.437 e. The SMILES string of the molecule is c1ccc(-c2cccc3cccc(-c4ccc(-c5nc(-n6c7ccccc7c7cc8ccccc8cc76)nc6oc7ccccc7c56)cc4)c23)cc1. The molecule has 52 heavy (non-hydrogen) atoms. The van der Waals surface area contributed by atoms with Gasteiger partial charge in [-0.1, -0.05) is 152 Å². The Labute approximate surface area is 298 Å². The molecule has 0 aliphatic heterocycles. The molecule has 0 radical (unpaired) electrons. The van der Waals surface area contributed by atoms with Crippen molar-refractivity contribution in [3.63, 3.8) is 0 Å². The van der Waals surface area contributed by atoms with E-state index in [2.05, 4.69) is 162 Å². The number of aromatic nitrogens is 3. The molecule has 4 nitrogen and oxygen atoms in total. The molecule has 242 valence electrons. The standard InChI is InChI=1S/C48H29N3O/c1-2-12-30(13-3-1)36-20-10-16-32-17-11-21-37(44(32)36)31-24-26-33(27-25-31)46-45-39-19-7-9-23-43(39)52-47(45)50-48(49-46)51-41-22-8-6-18-38(41)40-28-34-14-4-5-15-35(34)29-42(40)51/h1-29H. The van der Waals surface area contributed by atoms with Gasteiger partial charge in [-0.3, -0.25) is 4.57 Å². The average Bonchev–Trinajstić information content (AvgIpc) is 3.75. The molecule has 4 heteroatoms. The van der Waals surface area contributed by atoms with Gasteiger partial charge >= 0.3 is 0 Å². The average molecular weight is 664 g/mol. The van der Waals surface area contributed by atoms with Crippen molar-refractivity contribution >= 4 is 65.4 Å². The maximum atomic E-state index is 6.48. The van der Waals surface area contributed by atoms with Crippen LogP contribution in [0.25, 0.3) is 105 Å². The summed E-state index contributed by atoms with van der Waals surface area (Å²) < 4.78 is 8.66. The highest BCUT2D eigenvalue weighted by Crippen LogP contribution is 2.40. The van der Waals surface area contributed by atoms with Gasteiger partial charge in [-0.15, -0.1) is 0 Å². The number of rotatable bonds is 4. The summed E-state index contributed by atoms with van der Waals surface area (Å²) in [5.74, 6) is 0.577. The maximum absolute atomic E-state index is 6.48. The molecule has 0 N–H and O–H groups in total. The predicted octanol–water partition coefficient (Wildman–Crippen LogP) is 12.8. The van der Waals surface area contributed by atoms with Crippen molar-refractivity contribution in [2.45, 2.75) is 0 Å². The van der Waals surface area contributed by atoms with Gasteiger partial charge in [0.1, 0.15) is 5.58 Å². The molecule has 0 saturated carbocycles. The normalized spacial score (nSPS) is 11.8. The zero-order chi connectivity index (χ0) is 34.2. The van der Waals surface area contributed by atoms with Crippen LogP contribution in [-0.4, -0.2) is 14.5 Å². The molecular weight excluding hydrogens is 635 g/mol. The fourth-order valence-electron chi connectivity index (χ4n) is 8.04. The molecule has 3 heterocycles. The third-order valence-corrected chi connectivity index (χ3v) is 10.4. The summed E-state index contributed by atoms with van der Waals surface area (Å²) in [7, 11) is 0. The van der Waals surface area contributed by atoms with Crippen molar-refractivity contribution in [1.29, 1.82) is 0 Å². The Morgan fingerprint density at radius 3 is 1.81 bits per heavy atom. The lowest BCUT2D eigenvalue weighted by Crippen LogP contribution is -2.02. The molecule has 0 unspecified atom stereocenters. The highest BCUT2D eigenvalue weighted by molar-refractivity contribution is 6.14. The van der Waals surface area contributed by atoms with Crippen molar-refractivity contribution in [3.05, 3.63) is 176 Å². The van der Waals surface area contributed by atoms with Crippen LogP contribution in [0.2, 0.25) is 0 Å². The number of nitrogens with zero attached hydrogens (tertiary/aromatic N) is 3. The van der Waals surface area contributed by atoms with Crippen LogP contribution in [0.3, 0.4) is 0 Å². The molecule has 0 aliphatic carbocycles. The Hall–Kier alpha value is -7.04. The second-order valence-corrected chi connectivity index (χ2v) is 13.4.